The minimum absolute atomic E-state index is 0.113. The van der Waals surface area contributed by atoms with E-state index in [1.54, 1.807) is 19.9 Å². The number of nitrogens with one attached hydrogen (secondary N) is 1. The number of hydrogen-bond acceptors (Lipinski definition) is 4. The van der Waals surface area contributed by atoms with Gasteiger partial charge in [-0.1, -0.05) is 6.92 Å². The summed E-state index contributed by atoms with van der Waals surface area (Å²) in [7, 11) is -3.36. The van der Waals surface area contributed by atoms with Crippen molar-refractivity contribution in [2.45, 2.75) is 24.7 Å². The Labute approximate surface area is 87.6 Å². The van der Waals surface area contributed by atoms with Gasteiger partial charge in [0, 0.05) is 11.4 Å². The van der Waals surface area contributed by atoms with Gasteiger partial charge in [0.25, 0.3) is 0 Å². The maximum Gasteiger partial charge on any atom is 0.250 e. The lowest BCUT2D eigenvalue weighted by atomic mass is 10.3. The Morgan fingerprint density at radius 2 is 2.21 bits per heavy atom. The standard InChI is InChI=1S/C8H13NO3S2/c1-3-9-14(11,12)8-4-6(2)7(5-10)13-8/h4,9-10H,3,5H2,1-2H3. The summed E-state index contributed by atoms with van der Waals surface area (Å²) in [6, 6.07) is 1.58. The van der Waals surface area contributed by atoms with E-state index in [1.807, 2.05) is 0 Å². The molecule has 0 spiro atoms. The van der Waals surface area contributed by atoms with Crippen molar-refractivity contribution in [1.29, 1.82) is 0 Å². The molecule has 6 heteroatoms. The number of aryl methyl sites for hydroxylation is 1. The number of aliphatic hydroxyl groups is 1. The van der Waals surface area contributed by atoms with Crippen LogP contribution in [0.2, 0.25) is 0 Å². The Balaban J connectivity index is 3.08. The number of aliphatic hydroxyl groups excluding tert-OH is 1. The first kappa shape index (κ1) is 11.6. The summed E-state index contributed by atoms with van der Waals surface area (Å²) < 4.78 is 25.7. The molecule has 1 heterocycles. The molecule has 0 saturated carbocycles. The van der Waals surface area contributed by atoms with Crippen molar-refractivity contribution in [3.05, 3.63) is 16.5 Å². The van der Waals surface area contributed by atoms with Gasteiger partial charge in [-0.25, -0.2) is 13.1 Å². The van der Waals surface area contributed by atoms with Crippen LogP contribution in [0, 0.1) is 6.92 Å². The number of thiophene rings is 1. The highest BCUT2D eigenvalue weighted by atomic mass is 32.2. The van der Waals surface area contributed by atoms with Crippen molar-refractivity contribution in [3.8, 4) is 0 Å². The first-order chi connectivity index (χ1) is 6.51. The predicted molar refractivity (Wildman–Crippen MR) is 55.8 cm³/mol. The Morgan fingerprint density at radius 3 is 2.64 bits per heavy atom. The van der Waals surface area contributed by atoms with Crippen LogP contribution in [0.1, 0.15) is 17.4 Å². The second kappa shape index (κ2) is 4.39. The largest absolute Gasteiger partial charge is 0.391 e. The molecule has 0 radical (unpaired) electrons. The highest BCUT2D eigenvalue weighted by molar-refractivity contribution is 7.91. The fourth-order valence-corrected chi connectivity index (χ4v) is 3.57. The third-order valence-corrected chi connectivity index (χ3v) is 4.98. The van der Waals surface area contributed by atoms with Crippen molar-refractivity contribution >= 4 is 21.4 Å². The lowest BCUT2D eigenvalue weighted by molar-refractivity contribution is 0.285. The van der Waals surface area contributed by atoms with Crippen LogP contribution in [0.25, 0.3) is 0 Å². The molecule has 0 aromatic carbocycles. The average molecular weight is 235 g/mol. The van der Waals surface area contributed by atoms with Gasteiger partial charge in [-0.2, -0.15) is 0 Å². The van der Waals surface area contributed by atoms with Crippen molar-refractivity contribution in [3.63, 3.8) is 0 Å². The summed E-state index contributed by atoms with van der Waals surface area (Å²) in [5.74, 6) is 0. The maximum absolute atomic E-state index is 11.5. The van der Waals surface area contributed by atoms with E-state index in [1.165, 1.54) is 0 Å². The van der Waals surface area contributed by atoms with Gasteiger partial charge in [0.15, 0.2) is 0 Å². The minimum atomic E-state index is -3.36. The molecule has 0 unspecified atom stereocenters. The smallest absolute Gasteiger partial charge is 0.250 e. The van der Waals surface area contributed by atoms with Crippen molar-refractivity contribution in [2.24, 2.45) is 0 Å². The molecule has 1 aromatic heterocycles. The van der Waals surface area contributed by atoms with Crippen LogP contribution in [0.15, 0.2) is 10.3 Å². The van der Waals surface area contributed by atoms with Crippen LogP contribution >= 0.6 is 11.3 Å². The Hall–Kier alpha value is -0.430. The molecule has 0 saturated heterocycles. The zero-order chi connectivity index (χ0) is 10.8. The van der Waals surface area contributed by atoms with Gasteiger partial charge in [-0.3, -0.25) is 0 Å². The summed E-state index contributed by atoms with van der Waals surface area (Å²) >= 11 is 1.11. The maximum atomic E-state index is 11.5. The molecule has 80 valence electrons. The monoisotopic (exact) mass is 235 g/mol. The van der Waals surface area contributed by atoms with E-state index in [0.29, 0.717) is 11.4 Å². The third-order valence-electron chi connectivity index (χ3n) is 1.74. The molecule has 0 amide bonds. The summed E-state index contributed by atoms with van der Waals surface area (Å²) in [6.07, 6.45) is 0. The molecule has 0 atom stereocenters. The number of hydrogen-bond donors (Lipinski definition) is 2. The van der Waals surface area contributed by atoms with Gasteiger partial charge in [0.1, 0.15) is 4.21 Å². The van der Waals surface area contributed by atoms with Crippen LogP contribution in [-0.2, 0) is 16.6 Å². The average Bonchev–Trinajstić information content (AvgIpc) is 2.47. The quantitative estimate of drug-likeness (QED) is 0.813. The molecule has 0 aliphatic rings. The van der Waals surface area contributed by atoms with Gasteiger partial charge in [0.2, 0.25) is 10.0 Å². The first-order valence-corrected chi connectivity index (χ1v) is 6.51. The molecule has 14 heavy (non-hydrogen) atoms. The normalized spacial score (nSPS) is 11.9. The van der Waals surface area contributed by atoms with Gasteiger partial charge >= 0.3 is 0 Å². The molecule has 0 fully saturated rings. The molecule has 0 aliphatic heterocycles. The Morgan fingerprint density at radius 1 is 1.57 bits per heavy atom. The van der Waals surface area contributed by atoms with Gasteiger partial charge in [-0.05, 0) is 18.6 Å². The molecule has 0 bridgehead atoms. The van der Waals surface area contributed by atoms with E-state index in [2.05, 4.69) is 4.72 Å². The first-order valence-electron chi connectivity index (χ1n) is 4.21. The third kappa shape index (κ3) is 2.33. The molecule has 2 N–H and O–H groups in total. The van der Waals surface area contributed by atoms with Gasteiger partial charge in [-0.15, -0.1) is 11.3 Å². The van der Waals surface area contributed by atoms with Crippen LogP contribution in [0.3, 0.4) is 0 Å². The Bertz CT molecular complexity index is 408. The van der Waals surface area contributed by atoms with Crippen LogP contribution < -0.4 is 4.72 Å². The van der Waals surface area contributed by atoms with Gasteiger partial charge < -0.3 is 5.11 Å². The van der Waals surface area contributed by atoms with Gasteiger partial charge in [0.05, 0.1) is 6.61 Å². The topological polar surface area (TPSA) is 66.4 Å². The molecule has 1 aromatic rings. The van der Waals surface area contributed by atoms with E-state index in [0.717, 1.165) is 16.9 Å². The zero-order valence-electron chi connectivity index (χ0n) is 8.07. The lowest BCUT2D eigenvalue weighted by Crippen LogP contribution is -2.22. The SMILES string of the molecule is CCNS(=O)(=O)c1cc(C)c(CO)s1. The van der Waals surface area contributed by atoms with Crippen molar-refractivity contribution in [1.82, 2.24) is 4.72 Å². The highest BCUT2D eigenvalue weighted by Gasteiger charge is 2.17. The van der Waals surface area contributed by atoms with E-state index < -0.39 is 10.0 Å². The number of rotatable bonds is 4. The van der Waals surface area contributed by atoms with Crippen molar-refractivity contribution < 1.29 is 13.5 Å². The van der Waals surface area contributed by atoms with Crippen LogP contribution in [0.4, 0.5) is 0 Å². The van der Waals surface area contributed by atoms with E-state index in [-0.39, 0.29) is 10.8 Å². The van der Waals surface area contributed by atoms with E-state index in [9.17, 15) is 8.42 Å². The summed E-state index contributed by atoms with van der Waals surface area (Å²) in [6.45, 7) is 3.77. The minimum Gasteiger partial charge on any atom is -0.391 e. The number of sulfonamides is 1. The van der Waals surface area contributed by atoms with Crippen molar-refractivity contribution in [2.75, 3.05) is 6.54 Å². The fraction of sp³-hybridized carbons (Fsp3) is 0.500. The van der Waals surface area contributed by atoms with E-state index >= 15 is 0 Å². The molecule has 1 rings (SSSR count). The van der Waals surface area contributed by atoms with Crippen LogP contribution in [-0.4, -0.2) is 20.1 Å². The summed E-state index contributed by atoms with van der Waals surface area (Å²) in [5.41, 5.74) is 0.814. The highest BCUT2D eigenvalue weighted by Crippen LogP contribution is 2.25. The summed E-state index contributed by atoms with van der Waals surface area (Å²) in [5, 5.41) is 8.92. The van der Waals surface area contributed by atoms with E-state index in [4.69, 9.17) is 5.11 Å². The summed E-state index contributed by atoms with van der Waals surface area (Å²) in [4.78, 5) is 0.696. The molecule has 4 nitrogen and oxygen atoms in total. The zero-order valence-corrected chi connectivity index (χ0v) is 9.70. The Kier molecular flexibility index (Phi) is 3.65. The second-order valence-electron chi connectivity index (χ2n) is 2.83. The van der Waals surface area contributed by atoms with Crippen LogP contribution in [0.5, 0.6) is 0 Å². The lowest BCUT2D eigenvalue weighted by Gasteiger charge is -1.99. The molecular weight excluding hydrogens is 222 g/mol. The predicted octanol–water partition coefficient (Wildman–Crippen LogP) is 0.847. The molecule has 0 aliphatic carbocycles. The fourth-order valence-electron chi connectivity index (χ4n) is 1.04. The second-order valence-corrected chi connectivity index (χ2v) is 5.96. The molecular formula is C8H13NO3S2.